The lowest BCUT2D eigenvalue weighted by molar-refractivity contribution is -0.120. The number of benzene rings is 2. The van der Waals surface area contributed by atoms with Crippen LogP contribution in [-0.4, -0.2) is 22.6 Å². The van der Waals surface area contributed by atoms with E-state index in [4.69, 9.17) is 4.74 Å². The first-order chi connectivity index (χ1) is 11.5. The van der Waals surface area contributed by atoms with E-state index in [9.17, 15) is 9.90 Å². The molecule has 1 heterocycles. The van der Waals surface area contributed by atoms with Gasteiger partial charge in [0.15, 0.2) is 12.3 Å². The predicted octanol–water partition coefficient (Wildman–Crippen LogP) is 4.63. The molecular weight excluding hydrogens is 374 g/mol. The van der Waals surface area contributed by atoms with Crippen LogP contribution in [0.2, 0.25) is 0 Å². The van der Waals surface area contributed by atoms with Crippen molar-refractivity contribution in [1.29, 1.82) is 0 Å². The van der Waals surface area contributed by atoms with Crippen LogP contribution in [0.3, 0.4) is 0 Å². The van der Waals surface area contributed by atoms with Gasteiger partial charge in [-0.05, 0) is 36.8 Å². The number of para-hydroxylation sites is 1. The first-order valence-corrected chi connectivity index (χ1v) is 7.97. The topological polar surface area (TPSA) is 87.0 Å². The number of halogens is 1. The Hall–Kier alpha value is -2.67. The minimum absolute atomic E-state index is 0.121. The summed E-state index contributed by atoms with van der Waals surface area (Å²) in [4.78, 5) is 14.6. The Bertz CT molecular complexity index is 917. The number of amides is 1. The Morgan fingerprint density at radius 3 is 2.75 bits per heavy atom. The van der Waals surface area contributed by atoms with Crippen LogP contribution >= 0.6 is 15.9 Å². The van der Waals surface area contributed by atoms with E-state index in [0.29, 0.717) is 11.1 Å². The van der Waals surface area contributed by atoms with Gasteiger partial charge in [0.25, 0.3) is 0 Å². The average Bonchev–Trinajstić information content (AvgIpc) is 2.89. The van der Waals surface area contributed by atoms with Crippen LogP contribution in [0.25, 0.3) is 10.9 Å². The standard InChI is InChI=1S/C17H14BrN3O3/c1-10-3-2-4-13-15(10)19-17(23)16(13)21-20-14(22)9-24-12-7-5-11(18)6-8-12/h2-8,19,23H,9H2,1H3. The van der Waals surface area contributed by atoms with E-state index in [0.717, 1.165) is 15.6 Å². The zero-order valence-electron chi connectivity index (χ0n) is 12.8. The molecule has 0 saturated carbocycles. The summed E-state index contributed by atoms with van der Waals surface area (Å²) >= 11 is 3.32. The molecule has 0 saturated heterocycles. The highest BCUT2D eigenvalue weighted by Crippen LogP contribution is 2.36. The molecule has 0 aliphatic heterocycles. The van der Waals surface area contributed by atoms with Crippen LogP contribution in [0.5, 0.6) is 11.6 Å². The molecule has 2 aromatic carbocycles. The number of aromatic hydroxyl groups is 1. The molecule has 0 fully saturated rings. The molecule has 0 spiro atoms. The van der Waals surface area contributed by atoms with Gasteiger partial charge in [0.1, 0.15) is 5.75 Å². The third-order valence-corrected chi connectivity index (χ3v) is 3.96. The second-order valence-electron chi connectivity index (χ2n) is 5.16. The van der Waals surface area contributed by atoms with Gasteiger partial charge in [-0.15, -0.1) is 10.2 Å². The lowest BCUT2D eigenvalue weighted by Gasteiger charge is -2.02. The van der Waals surface area contributed by atoms with E-state index in [1.165, 1.54) is 0 Å². The van der Waals surface area contributed by atoms with Crippen molar-refractivity contribution in [1.82, 2.24) is 4.98 Å². The van der Waals surface area contributed by atoms with E-state index in [1.54, 1.807) is 18.2 Å². The number of aryl methyl sites for hydroxylation is 1. The summed E-state index contributed by atoms with van der Waals surface area (Å²) in [6, 6.07) is 12.7. The fourth-order valence-corrected chi connectivity index (χ4v) is 2.51. The third kappa shape index (κ3) is 3.46. The molecule has 1 aromatic heterocycles. The molecule has 0 radical (unpaired) electrons. The number of ether oxygens (including phenoxy) is 1. The monoisotopic (exact) mass is 387 g/mol. The lowest BCUT2D eigenvalue weighted by Crippen LogP contribution is -2.07. The van der Waals surface area contributed by atoms with Gasteiger partial charge >= 0.3 is 5.91 Å². The van der Waals surface area contributed by atoms with Gasteiger partial charge in [-0.2, -0.15) is 0 Å². The predicted molar refractivity (Wildman–Crippen MR) is 93.9 cm³/mol. The summed E-state index contributed by atoms with van der Waals surface area (Å²) in [5.74, 6) is -0.101. The zero-order chi connectivity index (χ0) is 17.1. The molecule has 0 aliphatic carbocycles. The van der Waals surface area contributed by atoms with E-state index < -0.39 is 5.91 Å². The van der Waals surface area contributed by atoms with Crippen LogP contribution in [0.15, 0.2) is 57.2 Å². The maximum atomic E-state index is 11.8. The highest BCUT2D eigenvalue weighted by atomic mass is 79.9. The van der Waals surface area contributed by atoms with Gasteiger partial charge < -0.3 is 14.8 Å². The first kappa shape index (κ1) is 16.2. The molecule has 0 unspecified atom stereocenters. The van der Waals surface area contributed by atoms with E-state index in [2.05, 4.69) is 31.1 Å². The van der Waals surface area contributed by atoms with Crippen LogP contribution < -0.4 is 4.74 Å². The number of hydrogen-bond acceptors (Lipinski definition) is 4. The maximum absolute atomic E-state index is 11.8. The Labute approximate surface area is 146 Å². The number of rotatable bonds is 4. The van der Waals surface area contributed by atoms with Crippen molar-refractivity contribution in [2.24, 2.45) is 10.2 Å². The highest BCUT2D eigenvalue weighted by molar-refractivity contribution is 9.10. The smallest absolute Gasteiger partial charge is 0.302 e. The van der Waals surface area contributed by atoms with Gasteiger partial charge in [0.2, 0.25) is 5.88 Å². The summed E-state index contributed by atoms with van der Waals surface area (Å²) in [7, 11) is 0. The molecule has 7 heteroatoms. The quantitative estimate of drug-likeness (QED) is 0.639. The maximum Gasteiger partial charge on any atom is 0.302 e. The van der Waals surface area contributed by atoms with Crippen molar-refractivity contribution in [3.05, 3.63) is 52.5 Å². The number of aromatic amines is 1. The largest absolute Gasteiger partial charge is 0.493 e. The van der Waals surface area contributed by atoms with E-state index in [-0.39, 0.29) is 18.2 Å². The number of hydrogen-bond donors (Lipinski definition) is 2. The highest BCUT2D eigenvalue weighted by Gasteiger charge is 2.12. The number of fused-ring (bicyclic) bond motifs is 1. The van der Waals surface area contributed by atoms with Crippen LogP contribution in [0.4, 0.5) is 5.69 Å². The molecule has 3 rings (SSSR count). The molecule has 122 valence electrons. The normalized spacial score (nSPS) is 11.2. The third-order valence-electron chi connectivity index (χ3n) is 3.43. The summed E-state index contributed by atoms with van der Waals surface area (Å²) < 4.78 is 6.26. The Kier molecular flexibility index (Phi) is 4.61. The number of H-pyrrole nitrogens is 1. The van der Waals surface area contributed by atoms with Crippen molar-refractivity contribution < 1.29 is 14.6 Å². The summed E-state index contributed by atoms with van der Waals surface area (Å²) in [5, 5.41) is 18.1. The molecule has 6 nitrogen and oxygen atoms in total. The lowest BCUT2D eigenvalue weighted by atomic mass is 10.1. The van der Waals surface area contributed by atoms with E-state index in [1.807, 2.05) is 31.2 Å². The Morgan fingerprint density at radius 2 is 2.00 bits per heavy atom. The zero-order valence-corrected chi connectivity index (χ0v) is 14.4. The number of azo groups is 1. The fourth-order valence-electron chi connectivity index (χ4n) is 2.25. The number of nitrogens with one attached hydrogen (secondary N) is 1. The first-order valence-electron chi connectivity index (χ1n) is 7.18. The SMILES string of the molecule is Cc1cccc2c(N=NC(=O)COc3ccc(Br)cc3)c(O)[nH]c12. The van der Waals surface area contributed by atoms with Crippen molar-refractivity contribution in [3.63, 3.8) is 0 Å². The number of carbonyl (C=O) groups excluding carboxylic acids is 1. The molecule has 3 aromatic rings. The number of carbonyl (C=O) groups is 1. The van der Waals surface area contributed by atoms with E-state index >= 15 is 0 Å². The van der Waals surface area contributed by atoms with Crippen molar-refractivity contribution >= 4 is 38.4 Å². The second kappa shape index (κ2) is 6.84. The van der Waals surface area contributed by atoms with Gasteiger partial charge in [-0.25, -0.2) is 0 Å². The molecule has 1 amide bonds. The molecule has 0 bridgehead atoms. The van der Waals surface area contributed by atoms with Gasteiger partial charge in [0.05, 0.1) is 5.52 Å². The molecule has 2 N–H and O–H groups in total. The minimum Gasteiger partial charge on any atom is -0.493 e. The summed E-state index contributed by atoms with van der Waals surface area (Å²) in [6.07, 6.45) is 0. The van der Waals surface area contributed by atoms with Gasteiger partial charge in [0, 0.05) is 9.86 Å². The molecule has 0 atom stereocenters. The Balaban J connectivity index is 1.71. The summed E-state index contributed by atoms with van der Waals surface area (Å²) in [6.45, 7) is 1.68. The number of aromatic nitrogens is 1. The average molecular weight is 388 g/mol. The van der Waals surface area contributed by atoms with Crippen LogP contribution in [0, 0.1) is 6.92 Å². The molecule has 24 heavy (non-hydrogen) atoms. The van der Waals surface area contributed by atoms with Gasteiger partial charge in [-0.1, -0.05) is 34.1 Å². The fraction of sp³-hybridized carbons (Fsp3) is 0.118. The second-order valence-corrected chi connectivity index (χ2v) is 6.07. The van der Waals surface area contributed by atoms with Crippen molar-refractivity contribution in [3.8, 4) is 11.6 Å². The Morgan fingerprint density at radius 1 is 1.25 bits per heavy atom. The van der Waals surface area contributed by atoms with Crippen LogP contribution in [-0.2, 0) is 4.79 Å². The van der Waals surface area contributed by atoms with Crippen molar-refractivity contribution in [2.75, 3.05) is 6.61 Å². The van der Waals surface area contributed by atoms with Crippen molar-refractivity contribution in [2.45, 2.75) is 6.92 Å². The van der Waals surface area contributed by atoms with Gasteiger partial charge in [-0.3, -0.25) is 4.79 Å². The molecular formula is C17H14BrN3O3. The number of nitrogens with zero attached hydrogens (tertiary/aromatic N) is 2. The minimum atomic E-state index is -0.542. The molecule has 0 aliphatic rings. The summed E-state index contributed by atoms with van der Waals surface area (Å²) in [5.41, 5.74) is 1.97. The van der Waals surface area contributed by atoms with Crippen LogP contribution in [0.1, 0.15) is 5.56 Å².